The molecule has 2 aromatic rings. The lowest BCUT2D eigenvalue weighted by atomic mass is 10.1. The molecule has 0 aromatic heterocycles. The molecule has 0 aliphatic carbocycles. The van der Waals surface area contributed by atoms with E-state index >= 15 is 0 Å². The van der Waals surface area contributed by atoms with Gasteiger partial charge in [-0.1, -0.05) is 11.6 Å². The van der Waals surface area contributed by atoms with Gasteiger partial charge < -0.3 is 24.8 Å². The van der Waals surface area contributed by atoms with Gasteiger partial charge in [0, 0.05) is 29.2 Å². The molecule has 0 bridgehead atoms. The molecule has 0 aliphatic rings. The fraction of sp³-hybridized carbons (Fsp3) is 0.391. The van der Waals surface area contributed by atoms with E-state index in [1.165, 1.54) is 0 Å². The molecule has 2 amide bonds. The van der Waals surface area contributed by atoms with Crippen LogP contribution in [0.15, 0.2) is 36.4 Å². The van der Waals surface area contributed by atoms with Gasteiger partial charge >= 0.3 is 0 Å². The number of nitrogens with one attached hydrogen (secondary N) is 2. The molecule has 7 nitrogen and oxygen atoms in total. The van der Waals surface area contributed by atoms with Crippen molar-refractivity contribution in [1.29, 1.82) is 0 Å². The molecule has 0 radical (unpaired) electrons. The molecule has 0 aliphatic heterocycles. The Morgan fingerprint density at radius 3 is 2.03 bits per heavy atom. The zero-order valence-electron chi connectivity index (χ0n) is 18.1. The van der Waals surface area contributed by atoms with Crippen molar-refractivity contribution >= 4 is 29.1 Å². The molecular formula is C23H29ClN2O5. The van der Waals surface area contributed by atoms with Crippen molar-refractivity contribution in [2.24, 2.45) is 0 Å². The van der Waals surface area contributed by atoms with Gasteiger partial charge in [0.1, 0.15) is 0 Å². The first kappa shape index (κ1) is 24.3. The molecular weight excluding hydrogens is 420 g/mol. The van der Waals surface area contributed by atoms with Crippen molar-refractivity contribution in [3.8, 4) is 17.2 Å². The molecule has 2 N–H and O–H groups in total. The number of anilines is 1. The normalized spacial score (nSPS) is 10.3. The molecule has 2 aromatic carbocycles. The minimum atomic E-state index is -0.275. The van der Waals surface area contributed by atoms with Crippen molar-refractivity contribution in [2.75, 3.05) is 31.7 Å². The molecule has 2 rings (SSSR count). The van der Waals surface area contributed by atoms with Crippen LogP contribution in [0.3, 0.4) is 0 Å². The van der Waals surface area contributed by atoms with E-state index in [0.717, 1.165) is 0 Å². The summed E-state index contributed by atoms with van der Waals surface area (Å²) in [6, 6.07) is 10.2. The number of hydrogen-bond donors (Lipinski definition) is 2. The maximum atomic E-state index is 12.6. The van der Waals surface area contributed by atoms with E-state index < -0.39 is 0 Å². The predicted molar refractivity (Wildman–Crippen MR) is 122 cm³/mol. The predicted octanol–water partition coefficient (Wildman–Crippen LogP) is 4.68. The molecule has 0 unspecified atom stereocenters. The minimum absolute atomic E-state index is 0.130. The summed E-state index contributed by atoms with van der Waals surface area (Å²) in [5, 5.41) is 6.23. The zero-order chi connectivity index (χ0) is 22.6. The van der Waals surface area contributed by atoms with Gasteiger partial charge in [-0.25, -0.2) is 0 Å². The number of amides is 2. The van der Waals surface area contributed by atoms with Crippen LogP contribution in [0.25, 0.3) is 0 Å². The summed E-state index contributed by atoms with van der Waals surface area (Å²) >= 11 is 5.83. The third-order valence-electron chi connectivity index (χ3n) is 4.17. The van der Waals surface area contributed by atoms with E-state index in [1.807, 2.05) is 20.8 Å². The van der Waals surface area contributed by atoms with Crippen LogP contribution < -0.4 is 24.8 Å². The highest BCUT2D eigenvalue weighted by Gasteiger charge is 2.18. The summed E-state index contributed by atoms with van der Waals surface area (Å²) in [5.41, 5.74) is 1.08. The SMILES string of the molecule is CCOc1cc(C(=O)NCCCC(=O)Nc2ccc(Cl)cc2)cc(OCC)c1OCC. The number of benzene rings is 2. The Kier molecular flexibility index (Phi) is 9.97. The van der Waals surface area contributed by atoms with Crippen LogP contribution in [-0.2, 0) is 4.79 Å². The van der Waals surface area contributed by atoms with Gasteiger partial charge in [0.15, 0.2) is 11.5 Å². The van der Waals surface area contributed by atoms with E-state index in [1.54, 1.807) is 36.4 Å². The molecule has 0 spiro atoms. The molecule has 0 fully saturated rings. The Labute approximate surface area is 188 Å². The summed E-state index contributed by atoms with van der Waals surface area (Å²) < 4.78 is 16.9. The second-order valence-corrected chi connectivity index (χ2v) is 6.95. The summed E-state index contributed by atoms with van der Waals surface area (Å²) in [7, 11) is 0. The molecule has 0 saturated heterocycles. The van der Waals surface area contributed by atoms with Crippen molar-refractivity contribution < 1.29 is 23.8 Å². The van der Waals surface area contributed by atoms with Crippen LogP contribution in [-0.4, -0.2) is 38.2 Å². The smallest absolute Gasteiger partial charge is 0.251 e. The first-order chi connectivity index (χ1) is 15.0. The third kappa shape index (κ3) is 7.68. The third-order valence-corrected chi connectivity index (χ3v) is 4.42. The first-order valence-corrected chi connectivity index (χ1v) is 10.8. The first-order valence-electron chi connectivity index (χ1n) is 10.4. The lowest BCUT2D eigenvalue weighted by Crippen LogP contribution is -2.25. The molecule has 0 heterocycles. The lowest BCUT2D eigenvalue weighted by Gasteiger charge is -2.17. The van der Waals surface area contributed by atoms with E-state index in [-0.39, 0.29) is 18.2 Å². The van der Waals surface area contributed by atoms with E-state index in [0.29, 0.717) is 66.3 Å². The van der Waals surface area contributed by atoms with Crippen LogP contribution in [0, 0.1) is 0 Å². The number of ether oxygens (including phenoxy) is 3. The average Bonchev–Trinajstić information content (AvgIpc) is 2.75. The Morgan fingerprint density at radius 1 is 0.903 bits per heavy atom. The van der Waals surface area contributed by atoms with Crippen molar-refractivity contribution in [3.05, 3.63) is 47.0 Å². The van der Waals surface area contributed by atoms with Crippen LogP contribution in [0.5, 0.6) is 17.2 Å². The number of carbonyl (C=O) groups excluding carboxylic acids is 2. The highest BCUT2D eigenvalue weighted by atomic mass is 35.5. The van der Waals surface area contributed by atoms with Crippen LogP contribution in [0.2, 0.25) is 5.02 Å². The maximum Gasteiger partial charge on any atom is 0.251 e. The van der Waals surface area contributed by atoms with Gasteiger partial charge in [0.05, 0.1) is 19.8 Å². The van der Waals surface area contributed by atoms with Crippen molar-refractivity contribution in [2.45, 2.75) is 33.6 Å². The minimum Gasteiger partial charge on any atom is -0.490 e. The maximum absolute atomic E-state index is 12.6. The summed E-state index contributed by atoms with van der Waals surface area (Å²) in [5.74, 6) is 1.00. The number of carbonyl (C=O) groups is 2. The van der Waals surface area contributed by atoms with Gasteiger partial charge in [-0.2, -0.15) is 0 Å². The quantitative estimate of drug-likeness (QED) is 0.460. The molecule has 168 valence electrons. The zero-order valence-corrected chi connectivity index (χ0v) is 18.9. The largest absolute Gasteiger partial charge is 0.490 e. The highest BCUT2D eigenvalue weighted by Crippen LogP contribution is 2.39. The highest BCUT2D eigenvalue weighted by molar-refractivity contribution is 6.30. The van der Waals surface area contributed by atoms with Crippen LogP contribution in [0.1, 0.15) is 44.0 Å². The van der Waals surface area contributed by atoms with Gasteiger partial charge in [-0.3, -0.25) is 9.59 Å². The van der Waals surface area contributed by atoms with E-state index in [9.17, 15) is 9.59 Å². The van der Waals surface area contributed by atoms with Crippen molar-refractivity contribution in [3.63, 3.8) is 0 Å². The molecule has 8 heteroatoms. The summed E-state index contributed by atoms with van der Waals surface area (Å²) in [6.45, 7) is 7.25. The second kappa shape index (κ2) is 12.7. The van der Waals surface area contributed by atoms with Gasteiger partial charge in [0.2, 0.25) is 11.7 Å². The van der Waals surface area contributed by atoms with E-state index in [4.69, 9.17) is 25.8 Å². The van der Waals surface area contributed by atoms with Crippen molar-refractivity contribution in [1.82, 2.24) is 5.32 Å². The Balaban J connectivity index is 1.93. The van der Waals surface area contributed by atoms with E-state index in [2.05, 4.69) is 10.6 Å². The Bertz CT molecular complexity index is 844. The molecule has 31 heavy (non-hydrogen) atoms. The number of halogens is 1. The lowest BCUT2D eigenvalue weighted by molar-refractivity contribution is -0.116. The Morgan fingerprint density at radius 2 is 1.48 bits per heavy atom. The monoisotopic (exact) mass is 448 g/mol. The fourth-order valence-electron chi connectivity index (χ4n) is 2.83. The van der Waals surface area contributed by atoms with Crippen LogP contribution in [0.4, 0.5) is 5.69 Å². The Hall–Kier alpha value is -2.93. The molecule has 0 saturated carbocycles. The standard InChI is InChI=1S/C23H29ClN2O5/c1-4-29-19-14-16(15-20(30-5-2)22(19)31-6-3)23(28)25-13-7-8-21(27)26-18-11-9-17(24)10-12-18/h9-12,14-15H,4-8,13H2,1-3H3,(H,25,28)(H,26,27). The summed E-state index contributed by atoms with van der Waals surface area (Å²) in [6.07, 6.45) is 0.777. The topological polar surface area (TPSA) is 85.9 Å². The van der Waals surface area contributed by atoms with Gasteiger partial charge in [-0.15, -0.1) is 0 Å². The molecule has 0 atom stereocenters. The average molecular weight is 449 g/mol. The second-order valence-electron chi connectivity index (χ2n) is 6.52. The number of hydrogen-bond acceptors (Lipinski definition) is 5. The van der Waals surface area contributed by atoms with Gasteiger partial charge in [0.25, 0.3) is 5.91 Å². The summed E-state index contributed by atoms with van der Waals surface area (Å²) in [4.78, 5) is 24.7. The van der Waals surface area contributed by atoms with Crippen LogP contribution >= 0.6 is 11.6 Å². The number of rotatable bonds is 12. The van der Waals surface area contributed by atoms with Gasteiger partial charge in [-0.05, 0) is 63.6 Å². The fourth-order valence-corrected chi connectivity index (χ4v) is 2.96.